The van der Waals surface area contributed by atoms with E-state index in [1.807, 2.05) is 13.0 Å². The Morgan fingerprint density at radius 2 is 1.83 bits per heavy atom. The average molecular weight is 321 g/mol. The Hall–Kier alpha value is -2.69. The summed E-state index contributed by atoms with van der Waals surface area (Å²) >= 11 is 0. The summed E-state index contributed by atoms with van der Waals surface area (Å²) < 4.78 is 0. The summed E-state index contributed by atoms with van der Waals surface area (Å²) in [5, 5.41) is 16.9. The Morgan fingerprint density at radius 3 is 2.42 bits per heavy atom. The summed E-state index contributed by atoms with van der Waals surface area (Å²) in [6, 6.07) is 3.70. The van der Waals surface area contributed by atoms with Crippen molar-refractivity contribution in [1.29, 1.82) is 10.8 Å². The van der Waals surface area contributed by atoms with Crippen molar-refractivity contribution < 1.29 is 0 Å². The van der Waals surface area contributed by atoms with Crippen molar-refractivity contribution in [2.45, 2.75) is 39.5 Å². The third-order valence-electron chi connectivity index (χ3n) is 4.70. The normalized spacial score (nSPS) is 14.9. The predicted octanol–water partition coefficient (Wildman–Crippen LogP) is 3.42. The summed E-state index contributed by atoms with van der Waals surface area (Å²) in [5.74, 6) is 0. The Balaban J connectivity index is 2.47. The zero-order valence-corrected chi connectivity index (χ0v) is 14.2. The van der Waals surface area contributed by atoms with E-state index in [2.05, 4.69) is 0 Å². The maximum Gasteiger partial charge on any atom is 0.0779 e. The van der Waals surface area contributed by atoms with E-state index in [0.717, 1.165) is 59.0 Å². The third kappa shape index (κ3) is 2.46. The van der Waals surface area contributed by atoms with Crippen LogP contribution in [0.25, 0.3) is 16.5 Å². The number of hydrogen-bond acceptors (Lipinski definition) is 5. The fourth-order valence-corrected chi connectivity index (χ4v) is 3.69. The molecule has 124 valence electrons. The number of pyridine rings is 1. The average Bonchev–Trinajstić information content (AvgIpc) is 2.54. The van der Waals surface area contributed by atoms with E-state index in [0.29, 0.717) is 17.1 Å². The molecule has 2 aromatic rings. The van der Waals surface area contributed by atoms with Crippen LogP contribution < -0.4 is 11.5 Å². The van der Waals surface area contributed by atoms with Crippen molar-refractivity contribution in [3.05, 3.63) is 40.2 Å². The maximum absolute atomic E-state index is 8.12. The number of allylic oxidation sites excluding steroid dienone is 2. The van der Waals surface area contributed by atoms with Gasteiger partial charge in [0.15, 0.2) is 0 Å². The summed E-state index contributed by atoms with van der Waals surface area (Å²) in [6.07, 6.45) is 5.40. The first-order valence-electron chi connectivity index (χ1n) is 8.22. The number of nitrogens with zero attached hydrogens (tertiary/aromatic N) is 1. The molecule has 1 aromatic heterocycles. The molecule has 5 heteroatoms. The minimum atomic E-state index is 0.428. The van der Waals surface area contributed by atoms with E-state index in [1.54, 1.807) is 13.0 Å². The molecular formula is C19H23N5. The zero-order valence-electron chi connectivity index (χ0n) is 14.2. The Bertz CT molecular complexity index is 889. The molecule has 0 radical (unpaired) electrons. The zero-order chi connectivity index (χ0) is 17.4. The molecule has 0 fully saturated rings. The SMILES string of the molecule is CC(=N)/C(=C(/C)N)c1nc2ccc(N)c(C=N)c2c2c1CCCC2. The minimum Gasteiger partial charge on any atom is -0.402 e. The van der Waals surface area contributed by atoms with Gasteiger partial charge in [0.25, 0.3) is 0 Å². The Kier molecular flexibility index (Phi) is 4.09. The number of nitrogen functional groups attached to an aromatic ring is 1. The second kappa shape index (κ2) is 6.07. The van der Waals surface area contributed by atoms with Crippen LogP contribution in [0.2, 0.25) is 0 Å². The smallest absolute Gasteiger partial charge is 0.0779 e. The van der Waals surface area contributed by atoms with E-state index < -0.39 is 0 Å². The lowest BCUT2D eigenvalue weighted by Crippen LogP contribution is -2.15. The summed E-state index contributed by atoms with van der Waals surface area (Å²) in [6.45, 7) is 3.57. The topological polar surface area (TPSA) is 113 Å². The molecule has 0 unspecified atom stereocenters. The molecule has 0 aliphatic heterocycles. The van der Waals surface area contributed by atoms with Crippen LogP contribution in [0.15, 0.2) is 17.8 Å². The van der Waals surface area contributed by atoms with E-state index in [1.165, 1.54) is 11.8 Å². The highest BCUT2D eigenvalue weighted by atomic mass is 14.7. The molecule has 6 N–H and O–H groups in total. The first kappa shape index (κ1) is 16.2. The first-order valence-corrected chi connectivity index (χ1v) is 8.22. The number of rotatable bonds is 3. The fraction of sp³-hybridized carbons (Fsp3) is 0.316. The van der Waals surface area contributed by atoms with Gasteiger partial charge in [-0.05, 0) is 62.8 Å². The van der Waals surface area contributed by atoms with Gasteiger partial charge >= 0.3 is 0 Å². The number of nitrogens with one attached hydrogen (secondary N) is 2. The van der Waals surface area contributed by atoms with Crippen molar-refractivity contribution in [2.75, 3.05) is 5.73 Å². The molecule has 1 aliphatic rings. The number of hydrogen-bond donors (Lipinski definition) is 4. The molecule has 24 heavy (non-hydrogen) atoms. The van der Waals surface area contributed by atoms with Gasteiger partial charge in [-0.25, -0.2) is 4.98 Å². The van der Waals surface area contributed by atoms with Gasteiger partial charge in [-0.2, -0.15) is 0 Å². The van der Waals surface area contributed by atoms with E-state index in [9.17, 15) is 0 Å². The van der Waals surface area contributed by atoms with Crippen LogP contribution in [0, 0.1) is 10.8 Å². The van der Waals surface area contributed by atoms with Crippen molar-refractivity contribution in [3.8, 4) is 0 Å². The highest BCUT2D eigenvalue weighted by Gasteiger charge is 2.23. The molecule has 1 aliphatic carbocycles. The van der Waals surface area contributed by atoms with Crippen LogP contribution in [-0.2, 0) is 12.8 Å². The van der Waals surface area contributed by atoms with Crippen LogP contribution in [-0.4, -0.2) is 16.9 Å². The van der Waals surface area contributed by atoms with Gasteiger partial charge in [-0.3, -0.25) is 0 Å². The number of fused-ring (bicyclic) bond motifs is 3. The highest BCUT2D eigenvalue weighted by Crippen LogP contribution is 2.36. The standard InChI is InChI=1S/C19H23N5/c1-10(21)17(11(2)22)19-13-6-4-3-5-12(13)18-14(9-20)15(23)7-8-16(18)24-19/h7-9,20-21H,3-6,22-23H2,1-2H3/b17-11+,20-9?,21-10?. The Morgan fingerprint density at radius 1 is 1.17 bits per heavy atom. The molecule has 1 heterocycles. The number of aryl methyl sites for hydroxylation is 1. The molecule has 0 saturated carbocycles. The molecule has 0 amide bonds. The van der Waals surface area contributed by atoms with Gasteiger partial charge < -0.3 is 22.3 Å². The van der Waals surface area contributed by atoms with E-state index in [-0.39, 0.29) is 0 Å². The van der Waals surface area contributed by atoms with Crippen molar-refractivity contribution >= 4 is 34.1 Å². The van der Waals surface area contributed by atoms with Gasteiger partial charge in [-0.15, -0.1) is 0 Å². The van der Waals surface area contributed by atoms with Gasteiger partial charge in [0.05, 0.1) is 11.2 Å². The number of anilines is 1. The van der Waals surface area contributed by atoms with Crippen molar-refractivity contribution in [3.63, 3.8) is 0 Å². The number of aromatic nitrogens is 1. The lowest BCUT2D eigenvalue weighted by molar-refractivity contribution is 0.685. The van der Waals surface area contributed by atoms with Crippen LogP contribution in [0.5, 0.6) is 0 Å². The molecule has 0 atom stereocenters. The second-order valence-electron chi connectivity index (χ2n) is 6.41. The molecule has 0 spiro atoms. The molecule has 0 saturated heterocycles. The van der Waals surface area contributed by atoms with E-state index >= 15 is 0 Å². The second-order valence-corrected chi connectivity index (χ2v) is 6.41. The quantitative estimate of drug-likeness (QED) is 0.513. The summed E-state index contributed by atoms with van der Waals surface area (Å²) in [5.41, 5.74) is 19.3. The van der Waals surface area contributed by atoms with E-state index in [4.69, 9.17) is 27.3 Å². The lowest BCUT2D eigenvalue weighted by atomic mass is 9.84. The predicted molar refractivity (Wildman–Crippen MR) is 101 cm³/mol. The van der Waals surface area contributed by atoms with Crippen LogP contribution >= 0.6 is 0 Å². The van der Waals surface area contributed by atoms with Gasteiger partial charge in [0, 0.05) is 39.8 Å². The van der Waals surface area contributed by atoms with Crippen LogP contribution in [0.4, 0.5) is 5.69 Å². The minimum absolute atomic E-state index is 0.428. The third-order valence-corrected chi connectivity index (χ3v) is 4.70. The maximum atomic E-state index is 8.12. The molecule has 1 aromatic carbocycles. The molecular weight excluding hydrogens is 298 g/mol. The fourth-order valence-electron chi connectivity index (χ4n) is 3.69. The monoisotopic (exact) mass is 321 g/mol. The summed E-state index contributed by atoms with van der Waals surface area (Å²) in [7, 11) is 0. The van der Waals surface area contributed by atoms with Crippen LogP contribution in [0.1, 0.15) is 49.1 Å². The summed E-state index contributed by atoms with van der Waals surface area (Å²) in [4.78, 5) is 4.84. The van der Waals surface area contributed by atoms with Crippen LogP contribution in [0.3, 0.4) is 0 Å². The van der Waals surface area contributed by atoms with Crippen molar-refractivity contribution in [1.82, 2.24) is 4.98 Å². The highest BCUT2D eigenvalue weighted by molar-refractivity contribution is 6.22. The largest absolute Gasteiger partial charge is 0.402 e. The van der Waals surface area contributed by atoms with Crippen molar-refractivity contribution in [2.24, 2.45) is 5.73 Å². The van der Waals surface area contributed by atoms with Gasteiger partial charge in [0.2, 0.25) is 0 Å². The van der Waals surface area contributed by atoms with Gasteiger partial charge in [0.1, 0.15) is 0 Å². The number of benzene rings is 1. The molecule has 0 bridgehead atoms. The molecule has 5 nitrogen and oxygen atoms in total. The number of nitrogens with two attached hydrogens (primary N) is 2. The molecule has 3 rings (SSSR count). The first-order chi connectivity index (χ1) is 11.5. The Labute approximate surface area is 141 Å². The van der Waals surface area contributed by atoms with Gasteiger partial charge in [-0.1, -0.05) is 0 Å². The lowest BCUT2D eigenvalue weighted by Gasteiger charge is -2.24.